The van der Waals surface area contributed by atoms with Crippen LogP contribution in [0.1, 0.15) is 39.5 Å². The van der Waals surface area contributed by atoms with E-state index >= 15 is 0 Å². The number of hydrogen-bond acceptors (Lipinski definition) is 7. The van der Waals surface area contributed by atoms with Crippen LogP contribution >= 0.6 is 0 Å². The lowest BCUT2D eigenvalue weighted by molar-refractivity contribution is -0.137. The summed E-state index contributed by atoms with van der Waals surface area (Å²) < 4.78 is 66.6. The molecule has 0 aliphatic carbocycles. The number of amides is 1. The second-order valence-corrected chi connectivity index (χ2v) is 10.6. The molecule has 204 valence electrons. The molecule has 1 amide bonds. The predicted molar refractivity (Wildman–Crippen MR) is 141 cm³/mol. The fourth-order valence-corrected chi connectivity index (χ4v) is 4.20. The Kier molecular flexibility index (Phi) is 8.50. The van der Waals surface area contributed by atoms with Crippen molar-refractivity contribution in [2.24, 2.45) is 0 Å². The molecule has 1 aromatic heterocycles. The van der Waals surface area contributed by atoms with Crippen molar-refractivity contribution >= 4 is 39.1 Å². The van der Waals surface area contributed by atoms with Gasteiger partial charge in [-0.25, -0.2) is 13.4 Å². The number of anilines is 4. The number of carbonyl (C=O) groups excluding carboxylic acids is 1. The van der Waals surface area contributed by atoms with Gasteiger partial charge in [-0.05, 0) is 54.3 Å². The molecule has 0 atom stereocenters. The first-order chi connectivity index (χ1) is 17.7. The first-order valence-corrected chi connectivity index (χ1v) is 13.4. The number of hydrogen-bond donors (Lipinski definition) is 3. The van der Waals surface area contributed by atoms with Gasteiger partial charge in [-0.2, -0.15) is 18.2 Å². The number of halogens is 3. The van der Waals surface area contributed by atoms with E-state index in [-0.39, 0.29) is 18.4 Å². The molecule has 0 radical (unpaired) electrons. The minimum atomic E-state index is -4.73. The number of alkyl halides is 3. The van der Waals surface area contributed by atoms with Gasteiger partial charge in [-0.15, -0.1) is 0 Å². The number of nitrogens with zero attached hydrogens (tertiary/aromatic N) is 3. The van der Waals surface area contributed by atoms with Gasteiger partial charge >= 0.3 is 6.18 Å². The Morgan fingerprint density at radius 2 is 1.82 bits per heavy atom. The molecule has 3 aromatic rings. The first kappa shape index (κ1) is 28.7. The van der Waals surface area contributed by atoms with Crippen molar-refractivity contribution in [2.75, 3.05) is 35.3 Å². The number of benzene rings is 2. The van der Waals surface area contributed by atoms with Crippen molar-refractivity contribution in [3.05, 3.63) is 70.4 Å². The summed E-state index contributed by atoms with van der Waals surface area (Å²) in [6.07, 6.45) is -2.46. The third kappa shape index (κ3) is 6.71. The van der Waals surface area contributed by atoms with E-state index in [2.05, 4.69) is 25.9 Å². The summed E-state index contributed by atoms with van der Waals surface area (Å²) in [7, 11) is -0.708. The molecule has 0 aliphatic heterocycles. The van der Waals surface area contributed by atoms with Crippen LogP contribution in [0, 0.1) is 6.92 Å². The Labute approximate surface area is 219 Å². The van der Waals surface area contributed by atoms with E-state index in [0.717, 1.165) is 21.7 Å². The van der Waals surface area contributed by atoms with Gasteiger partial charge in [0.05, 0.1) is 11.9 Å². The summed E-state index contributed by atoms with van der Waals surface area (Å²) in [6.45, 7) is 3.53. The first-order valence-electron chi connectivity index (χ1n) is 11.6. The zero-order valence-corrected chi connectivity index (χ0v) is 22.4. The fraction of sp³-hybridized carbons (Fsp3) is 0.320. The highest BCUT2D eigenvalue weighted by atomic mass is 32.2. The van der Waals surface area contributed by atoms with Gasteiger partial charge in [0, 0.05) is 38.1 Å². The van der Waals surface area contributed by atoms with Crippen LogP contribution in [0.4, 0.5) is 36.3 Å². The number of nitrogens with one attached hydrogen (secondary N) is 3. The van der Waals surface area contributed by atoms with Crippen molar-refractivity contribution in [2.45, 2.75) is 33.0 Å². The molecule has 0 saturated heterocycles. The van der Waals surface area contributed by atoms with Gasteiger partial charge in [0.25, 0.3) is 5.91 Å². The van der Waals surface area contributed by atoms with Gasteiger partial charge in [0.1, 0.15) is 11.4 Å². The normalized spacial score (nSPS) is 11.7. The fourth-order valence-electron chi connectivity index (χ4n) is 3.67. The maximum Gasteiger partial charge on any atom is 0.421 e. The Bertz CT molecular complexity index is 1440. The number of carbonyl (C=O) groups is 1. The number of sulfonamides is 1. The molecule has 38 heavy (non-hydrogen) atoms. The highest BCUT2D eigenvalue weighted by molar-refractivity contribution is 7.92. The Hall–Kier alpha value is -3.87. The van der Waals surface area contributed by atoms with Gasteiger partial charge in [-0.3, -0.25) is 9.10 Å². The molecule has 0 unspecified atom stereocenters. The zero-order chi connectivity index (χ0) is 28.3. The second-order valence-electron chi connectivity index (χ2n) is 8.60. The lowest BCUT2D eigenvalue weighted by Gasteiger charge is -2.22. The van der Waals surface area contributed by atoms with Crippen molar-refractivity contribution in [1.29, 1.82) is 0 Å². The summed E-state index contributed by atoms with van der Waals surface area (Å²) in [6, 6.07) is 9.93. The Balaban J connectivity index is 1.96. The molecular formula is C25H29F3N6O3S. The molecule has 0 fully saturated rings. The predicted octanol–water partition coefficient (Wildman–Crippen LogP) is 4.48. The standard InChI is InChI=1S/C25H29F3N6O3S/c1-6-16-12-17(23(35)29-3)9-10-20(16)32-24-31-14-19(25(26,27)28)22(33-24)30-13-18-8-7-15(2)11-21(18)34(4)38(5,36)37/h7-12,14H,6,13H2,1-5H3,(H,29,35)(H2,30,31,32,33). The molecule has 13 heteroatoms. The van der Waals surface area contributed by atoms with E-state index in [1.54, 1.807) is 43.3 Å². The van der Waals surface area contributed by atoms with E-state index in [0.29, 0.717) is 35.1 Å². The Morgan fingerprint density at radius 3 is 2.42 bits per heavy atom. The average molecular weight is 551 g/mol. The second kappa shape index (κ2) is 11.3. The van der Waals surface area contributed by atoms with Crippen LogP contribution in [0.5, 0.6) is 0 Å². The van der Waals surface area contributed by atoms with E-state index in [1.165, 1.54) is 14.1 Å². The maximum absolute atomic E-state index is 13.8. The summed E-state index contributed by atoms with van der Waals surface area (Å²) >= 11 is 0. The molecule has 3 N–H and O–H groups in total. The molecular weight excluding hydrogens is 521 g/mol. The minimum absolute atomic E-state index is 0.0831. The highest BCUT2D eigenvalue weighted by Crippen LogP contribution is 2.35. The van der Waals surface area contributed by atoms with Gasteiger partial charge in [0.2, 0.25) is 16.0 Å². The SMILES string of the molecule is CCc1cc(C(=O)NC)ccc1Nc1ncc(C(F)(F)F)c(NCc2ccc(C)cc2N(C)S(C)(=O)=O)n1. The molecule has 2 aromatic carbocycles. The number of aromatic nitrogens is 2. The molecule has 0 saturated carbocycles. The van der Waals surface area contributed by atoms with E-state index in [1.807, 2.05) is 6.92 Å². The summed E-state index contributed by atoms with van der Waals surface area (Å²) in [5.74, 6) is -0.815. The van der Waals surface area contributed by atoms with Gasteiger partial charge < -0.3 is 16.0 Å². The third-order valence-electron chi connectivity index (χ3n) is 5.84. The van der Waals surface area contributed by atoms with Gasteiger partial charge in [0.15, 0.2) is 0 Å². The molecule has 1 heterocycles. The molecule has 0 bridgehead atoms. The van der Waals surface area contributed by atoms with Crippen LogP contribution in [-0.2, 0) is 29.2 Å². The van der Waals surface area contributed by atoms with E-state index < -0.39 is 27.6 Å². The van der Waals surface area contributed by atoms with Gasteiger partial charge in [-0.1, -0.05) is 19.1 Å². The van der Waals surface area contributed by atoms with Crippen LogP contribution in [0.2, 0.25) is 0 Å². The van der Waals surface area contributed by atoms with Crippen molar-refractivity contribution in [1.82, 2.24) is 15.3 Å². The van der Waals surface area contributed by atoms with E-state index in [4.69, 9.17) is 0 Å². The largest absolute Gasteiger partial charge is 0.421 e. The lowest BCUT2D eigenvalue weighted by atomic mass is 10.1. The van der Waals surface area contributed by atoms with Crippen LogP contribution in [-0.4, -0.2) is 44.6 Å². The van der Waals surface area contributed by atoms with Crippen LogP contribution in [0.3, 0.4) is 0 Å². The Morgan fingerprint density at radius 1 is 1.11 bits per heavy atom. The summed E-state index contributed by atoms with van der Waals surface area (Å²) in [4.78, 5) is 19.9. The molecule has 9 nitrogen and oxygen atoms in total. The van der Waals surface area contributed by atoms with Crippen LogP contribution < -0.4 is 20.3 Å². The third-order valence-corrected chi connectivity index (χ3v) is 7.03. The average Bonchev–Trinajstić information content (AvgIpc) is 2.86. The smallest absolute Gasteiger partial charge is 0.365 e. The lowest BCUT2D eigenvalue weighted by Crippen LogP contribution is -2.26. The zero-order valence-electron chi connectivity index (χ0n) is 21.6. The van der Waals surface area contributed by atoms with Crippen molar-refractivity contribution in [3.63, 3.8) is 0 Å². The van der Waals surface area contributed by atoms with Crippen LogP contribution in [0.25, 0.3) is 0 Å². The van der Waals surface area contributed by atoms with Crippen molar-refractivity contribution in [3.8, 4) is 0 Å². The van der Waals surface area contributed by atoms with Crippen LogP contribution in [0.15, 0.2) is 42.6 Å². The summed E-state index contributed by atoms with van der Waals surface area (Å²) in [5.41, 5.74) is 2.25. The maximum atomic E-state index is 13.8. The molecule has 0 spiro atoms. The quantitative estimate of drug-likeness (QED) is 0.360. The van der Waals surface area contributed by atoms with E-state index in [9.17, 15) is 26.4 Å². The topological polar surface area (TPSA) is 116 Å². The monoisotopic (exact) mass is 550 g/mol. The molecule has 3 rings (SSSR count). The molecule has 0 aliphatic rings. The minimum Gasteiger partial charge on any atom is -0.365 e. The van der Waals surface area contributed by atoms with Crippen molar-refractivity contribution < 1.29 is 26.4 Å². The summed E-state index contributed by atoms with van der Waals surface area (Å²) in [5, 5.41) is 8.18. The highest BCUT2D eigenvalue weighted by Gasteiger charge is 2.35. The number of rotatable bonds is 9. The number of aryl methyl sites for hydroxylation is 2.